The standard InChI is InChI=1S/C6H9NO2.ClH/c8-6(9)5-2-3-1-4(3)7-5;/h3-5,7H,1-2H2,(H,8,9);1H/t3-,4+,5-;/m1./s1. The zero-order valence-corrected chi connectivity index (χ0v) is 6.23. The van der Waals surface area contributed by atoms with Crippen LogP contribution in [0.4, 0.5) is 0 Å². The second-order valence-electron chi connectivity index (χ2n) is 2.90. The van der Waals surface area contributed by atoms with Gasteiger partial charge in [-0.15, -0.1) is 12.4 Å². The summed E-state index contributed by atoms with van der Waals surface area (Å²) in [4.78, 5) is 10.3. The van der Waals surface area contributed by atoms with Gasteiger partial charge < -0.3 is 10.4 Å². The zero-order chi connectivity index (χ0) is 6.43. The molecule has 3 atom stereocenters. The maximum atomic E-state index is 10.3. The van der Waals surface area contributed by atoms with Gasteiger partial charge in [-0.05, 0) is 18.8 Å². The second-order valence-corrected chi connectivity index (χ2v) is 2.90. The minimum absolute atomic E-state index is 0. The van der Waals surface area contributed by atoms with Gasteiger partial charge in [0.1, 0.15) is 6.04 Å². The van der Waals surface area contributed by atoms with Crippen LogP contribution >= 0.6 is 12.4 Å². The van der Waals surface area contributed by atoms with Crippen LogP contribution in [0.5, 0.6) is 0 Å². The minimum atomic E-state index is -0.692. The molecule has 0 aromatic carbocycles. The Morgan fingerprint density at radius 2 is 2.20 bits per heavy atom. The molecule has 0 aromatic rings. The van der Waals surface area contributed by atoms with Gasteiger partial charge in [-0.2, -0.15) is 0 Å². The lowest BCUT2D eigenvalue weighted by molar-refractivity contribution is -0.139. The number of carbonyl (C=O) groups is 1. The lowest BCUT2D eigenvalue weighted by atomic mass is 10.2. The molecular weight excluding hydrogens is 154 g/mol. The zero-order valence-electron chi connectivity index (χ0n) is 5.41. The number of piperidine rings is 1. The number of nitrogens with one attached hydrogen (secondary N) is 1. The molecule has 2 rings (SSSR count). The Morgan fingerprint density at radius 3 is 2.50 bits per heavy atom. The molecule has 1 saturated heterocycles. The number of carboxylic acid groups (broad SMARTS) is 1. The van der Waals surface area contributed by atoms with Gasteiger partial charge in [-0.1, -0.05) is 0 Å². The first-order chi connectivity index (χ1) is 4.27. The Bertz CT molecular complexity index is 152. The first-order valence-corrected chi connectivity index (χ1v) is 3.26. The van der Waals surface area contributed by atoms with Crippen molar-refractivity contribution in [2.45, 2.75) is 24.9 Å². The highest BCUT2D eigenvalue weighted by Gasteiger charge is 2.47. The molecule has 58 valence electrons. The summed E-state index contributed by atoms with van der Waals surface area (Å²) in [6, 6.07) is 0.305. The number of aliphatic carboxylic acids is 1. The van der Waals surface area contributed by atoms with Gasteiger partial charge in [0, 0.05) is 6.04 Å². The number of rotatable bonds is 1. The van der Waals surface area contributed by atoms with E-state index in [9.17, 15) is 4.79 Å². The van der Waals surface area contributed by atoms with E-state index in [-0.39, 0.29) is 18.4 Å². The average molecular weight is 164 g/mol. The summed E-state index contributed by atoms with van der Waals surface area (Å²) in [5.74, 6) is -0.00620. The van der Waals surface area contributed by atoms with Gasteiger partial charge in [0.15, 0.2) is 0 Å². The first-order valence-electron chi connectivity index (χ1n) is 3.26. The van der Waals surface area contributed by atoms with Crippen molar-refractivity contribution in [1.29, 1.82) is 0 Å². The molecule has 2 N–H and O–H groups in total. The highest BCUT2D eigenvalue weighted by Crippen LogP contribution is 2.40. The predicted molar refractivity (Wildman–Crippen MR) is 38.3 cm³/mol. The highest BCUT2D eigenvalue weighted by molar-refractivity contribution is 5.85. The molecule has 0 spiro atoms. The Morgan fingerprint density at radius 1 is 1.50 bits per heavy atom. The van der Waals surface area contributed by atoms with Crippen LogP contribution in [0.3, 0.4) is 0 Å². The van der Waals surface area contributed by atoms with Crippen molar-refractivity contribution in [1.82, 2.24) is 5.32 Å². The Kier molecular flexibility index (Phi) is 1.88. The third-order valence-electron chi connectivity index (χ3n) is 2.17. The van der Waals surface area contributed by atoms with E-state index >= 15 is 0 Å². The van der Waals surface area contributed by atoms with Crippen LogP contribution in [-0.2, 0) is 4.79 Å². The van der Waals surface area contributed by atoms with Crippen LogP contribution in [0.15, 0.2) is 0 Å². The SMILES string of the molecule is Cl.O=C(O)[C@H]1C[C@H]2C[C@@H]2N1. The molecule has 2 aliphatic rings. The van der Waals surface area contributed by atoms with Crippen LogP contribution in [0.25, 0.3) is 0 Å². The lowest BCUT2D eigenvalue weighted by Gasteiger charge is -2.04. The molecule has 1 aliphatic heterocycles. The van der Waals surface area contributed by atoms with Gasteiger partial charge in [-0.25, -0.2) is 0 Å². The Labute approximate surface area is 65.2 Å². The molecule has 4 heteroatoms. The van der Waals surface area contributed by atoms with E-state index in [0.717, 1.165) is 6.42 Å². The molecule has 1 aliphatic carbocycles. The van der Waals surface area contributed by atoms with Crippen molar-refractivity contribution in [2.24, 2.45) is 5.92 Å². The van der Waals surface area contributed by atoms with Gasteiger partial charge in [0.25, 0.3) is 0 Å². The summed E-state index contributed by atoms with van der Waals surface area (Å²) in [7, 11) is 0. The quantitative estimate of drug-likeness (QED) is 0.583. The smallest absolute Gasteiger partial charge is 0.320 e. The van der Waals surface area contributed by atoms with Crippen molar-refractivity contribution in [2.75, 3.05) is 0 Å². The molecule has 3 nitrogen and oxygen atoms in total. The van der Waals surface area contributed by atoms with Gasteiger partial charge in [0.2, 0.25) is 0 Å². The third-order valence-corrected chi connectivity index (χ3v) is 2.17. The van der Waals surface area contributed by atoms with E-state index in [1.807, 2.05) is 0 Å². The monoisotopic (exact) mass is 163 g/mol. The fourth-order valence-corrected chi connectivity index (χ4v) is 1.51. The van der Waals surface area contributed by atoms with E-state index in [4.69, 9.17) is 5.11 Å². The van der Waals surface area contributed by atoms with Crippen LogP contribution in [-0.4, -0.2) is 23.2 Å². The molecule has 0 aromatic heterocycles. The maximum Gasteiger partial charge on any atom is 0.320 e. The van der Waals surface area contributed by atoms with Crippen LogP contribution in [0.2, 0.25) is 0 Å². The van der Waals surface area contributed by atoms with Gasteiger partial charge >= 0.3 is 5.97 Å². The summed E-state index contributed by atoms with van der Waals surface area (Å²) in [5.41, 5.74) is 0. The largest absolute Gasteiger partial charge is 0.480 e. The normalized spacial score (nSPS) is 41.8. The summed E-state index contributed by atoms with van der Waals surface area (Å²) < 4.78 is 0. The molecule has 0 radical (unpaired) electrons. The van der Waals surface area contributed by atoms with E-state index in [0.29, 0.717) is 12.0 Å². The molecular formula is C6H10ClNO2. The van der Waals surface area contributed by atoms with Gasteiger partial charge in [-0.3, -0.25) is 4.79 Å². The topological polar surface area (TPSA) is 49.3 Å². The van der Waals surface area contributed by atoms with Crippen molar-refractivity contribution in [3.63, 3.8) is 0 Å². The third kappa shape index (κ3) is 1.11. The number of hydrogen-bond donors (Lipinski definition) is 2. The highest BCUT2D eigenvalue weighted by atomic mass is 35.5. The Hall–Kier alpha value is -0.280. The van der Waals surface area contributed by atoms with Gasteiger partial charge in [0.05, 0.1) is 0 Å². The fourth-order valence-electron chi connectivity index (χ4n) is 1.51. The maximum absolute atomic E-state index is 10.3. The van der Waals surface area contributed by atoms with Crippen LogP contribution in [0, 0.1) is 5.92 Å². The molecule has 1 saturated carbocycles. The number of fused-ring (bicyclic) bond motifs is 1. The molecule has 0 unspecified atom stereocenters. The molecule has 1 heterocycles. The predicted octanol–water partition coefficient (Wildman–Crippen LogP) is 0.243. The van der Waals surface area contributed by atoms with E-state index in [1.165, 1.54) is 6.42 Å². The second kappa shape index (κ2) is 2.40. The van der Waals surface area contributed by atoms with Crippen molar-refractivity contribution in [3.05, 3.63) is 0 Å². The molecule has 0 bridgehead atoms. The summed E-state index contributed by atoms with van der Waals surface area (Å²) in [6.45, 7) is 0. The average Bonchev–Trinajstić information content (AvgIpc) is 2.40. The minimum Gasteiger partial charge on any atom is -0.480 e. The van der Waals surface area contributed by atoms with Crippen molar-refractivity contribution in [3.8, 4) is 0 Å². The summed E-state index contributed by atoms with van der Waals surface area (Å²) in [6.07, 6.45) is 2.05. The molecule has 0 amide bonds. The van der Waals surface area contributed by atoms with Crippen molar-refractivity contribution < 1.29 is 9.90 Å². The first kappa shape index (κ1) is 7.82. The Balaban J connectivity index is 0.000000500. The fraction of sp³-hybridized carbons (Fsp3) is 0.833. The number of halogens is 1. The van der Waals surface area contributed by atoms with E-state index in [2.05, 4.69) is 5.32 Å². The van der Waals surface area contributed by atoms with Crippen molar-refractivity contribution >= 4 is 18.4 Å². The van der Waals surface area contributed by atoms with E-state index in [1.54, 1.807) is 0 Å². The number of carboxylic acids is 1. The lowest BCUT2D eigenvalue weighted by Crippen LogP contribution is -2.33. The molecule has 2 fully saturated rings. The summed E-state index contributed by atoms with van der Waals surface area (Å²) in [5, 5.41) is 11.5. The van der Waals surface area contributed by atoms with Crippen LogP contribution in [0.1, 0.15) is 12.8 Å². The van der Waals surface area contributed by atoms with Crippen LogP contribution < -0.4 is 5.32 Å². The number of hydrogen-bond acceptors (Lipinski definition) is 2. The summed E-state index contributed by atoms with van der Waals surface area (Å²) >= 11 is 0. The molecule has 10 heavy (non-hydrogen) atoms. The van der Waals surface area contributed by atoms with E-state index < -0.39 is 5.97 Å².